The van der Waals surface area contributed by atoms with Crippen LogP contribution in [0.4, 0.5) is 0 Å². The first-order chi connectivity index (χ1) is 12.6. The first-order valence-corrected chi connectivity index (χ1v) is 11.1. The number of unbranched alkanes of at least 4 members (excludes halogenated alkanes) is 3. The van der Waals surface area contributed by atoms with Gasteiger partial charge in [-0.25, -0.2) is 0 Å². The second-order valence-corrected chi connectivity index (χ2v) is 10.9. The van der Waals surface area contributed by atoms with Crippen LogP contribution in [0.5, 0.6) is 11.5 Å². The van der Waals surface area contributed by atoms with Gasteiger partial charge in [0, 0.05) is 5.56 Å². The van der Waals surface area contributed by atoms with Crippen LogP contribution in [-0.2, 0) is 5.41 Å². The lowest BCUT2D eigenvalue weighted by Crippen LogP contribution is -2.39. The van der Waals surface area contributed by atoms with Gasteiger partial charge >= 0.3 is 0 Å². The second kappa shape index (κ2) is 7.33. The van der Waals surface area contributed by atoms with Gasteiger partial charge in [-0.1, -0.05) is 60.3 Å². The zero-order valence-electron chi connectivity index (χ0n) is 18.5. The monoisotopic (exact) mass is 372 g/mol. The molecule has 3 rings (SSSR count). The fraction of sp³-hybridized carbons (Fsp3) is 0.760. The van der Waals surface area contributed by atoms with Gasteiger partial charge in [0.05, 0.1) is 0 Å². The Morgan fingerprint density at radius 3 is 2.59 bits per heavy atom. The zero-order valence-corrected chi connectivity index (χ0v) is 18.5. The van der Waals surface area contributed by atoms with Crippen LogP contribution in [0.15, 0.2) is 12.1 Å². The van der Waals surface area contributed by atoms with Crippen LogP contribution in [0.25, 0.3) is 0 Å². The van der Waals surface area contributed by atoms with E-state index < -0.39 is 0 Å². The van der Waals surface area contributed by atoms with E-state index in [0.717, 1.165) is 37.0 Å². The van der Waals surface area contributed by atoms with Gasteiger partial charge in [0.2, 0.25) is 0 Å². The Labute approximate surface area is 166 Å². The van der Waals surface area contributed by atoms with Crippen molar-refractivity contribution in [3.8, 4) is 11.5 Å². The first kappa shape index (κ1) is 20.6. The van der Waals surface area contributed by atoms with Crippen molar-refractivity contribution in [3.63, 3.8) is 0 Å². The quantitative estimate of drug-likeness (QED) is 0.525. The van der Waals surface area contributed by atoms with Crippen LogP contribution in [-0.4, -0.2) is 10.7 Å². The predicted molar refractivity (Wildman–Crippen MR) is 114 cm³/mol. The van der Waals surface area contributed by atoms with E-state index in [4.69, 9.17) is 4.74 Å². The fourth-order valence-corrected chi connectivity index (χ4v) is 5.59. The molecule has 0 saturated heterocycles. The first-order valence-electron chi connectivity index (χ1n) is 11.1. The molecule has 2 bridgehead atoms. The number of rotatable bonds is 6. The molecule has 0 unspecified atom stereocenters. The van der Waals surface area contributed by atoms with Gasteiger partial charge < -0.3 is 9.84 Å². The summed E-state index contributed by atoms with van der Waals surface area (Å²) in [5, 5.41) is 10.9. The molecule has 1 aromatic carbocycles. The SMILES string of the molecule is CCCCCCC(C)(C)c1cc(O)c2c(c1)O[C@@]1(C)C[C@H]2CCC(C)(C)C1. The number of fused-ring (bicyclic) bond motifs is 4. The maximum atomic E-state index is 10.9. The summed E-state index contributed by atoms with van der Waals surface area (Å²) in [4.78, 5) is 0. The molecule has 0 radical (unpaired) electrons. The number of benzene rings is 1. The van der Waals surface area contributed by atoms with Crippen molar-refractivity contribution in [2.24, 2.45) is 5.41 Å². The summed E-state index contributed by atoms with van der Waals surface area (Å²) in [6.07, 6.45) is 10.7. The zero-order chi connectivity index (χ0) is 19.9. The molecule has 1 aliphatic carbocycles. The highest BCUT2D eigenvalue weighted by molar-refractivity contribution is 5.53. The molecule has 1 saturated carbocycles. The van der Waals surface area contributed by atoms with Gasteiger partial charge in [0.15, 0.2) is 0 Å². The van der Waals surface area contributed by atoms with Crippen molar-refractivity contribution < 1.29 is 9.84 Å². The molecule has 1 aliphatic heterocycles. The Morgan fingerprint density at radius 2 is 1.89 bits per heavy atom. The molecule has 0 amide bonds. The van der Waals surface area contributed by atoms with Crippen molar-refractivity contribution in [2.45, 2.75) is 116 Å². The summed E-state index contributed by atoms with van der Waals surface area (Å²) in [5.74, 6) is 1.82. The maximum Gasteiger partial charge on any atom is 0.127 e. The van der Waals surface area contributed by atoms with Crippen molar-refractivity contribution in [1.29, 1.82) is 0 Å². The number of ether oxygens (including phenoxy) is 1. The minimum atomic E-state index is -0.117. The van der Waals surface area contributed by atoms with Crippen molar-refractivity contribution in [3.05, 3.63) is 23.3 Å². The minimum absolute atomic E-state index is 0.0619. The van der Waals surface area contributed by atoms with Gasteiger partial charge in [-0.15, -0.1) is 0 Å². The summed E-state index contributed by atoms with van der Waals surface area (Å²) in [5.41, 5.74) is 2.52. The molecule has 2 heteroatoms. The van der Waals surface area contributed by atoms with Gasteiger partial charge in [-0.3, -0.25) is 0 Å². The highest BCUT2D eigenvalue weighted by atomic mass is 16.5. The molecule has 152 valence electrons. The molecular formula is C25H40O2. The number of hydrogen-bond donors (Lipinski definition) is 1. The van der Waals surface area contributed by atoms with E-state index in [0.29, 0.717) is 17.1 Å². The number of phenols is 1. The lowest BCUT2D eigenvalue weighted by Gasteiger charge is -2.41. The standard InChI is InChI=1S/C25H40O2/c1-7-8-9-10-12-24(4,5)19-14-20(26)22-18-11-13-23(2,3)17-25(6,16-18)27-21(22)15-19/h14-15,18,26H,7-13,16-17H2,1-6H3/t18-,25+/m1/s1. The molecular weight excluding hydrogens is 332 g/mol. The highest BCUT2D eigenvalue weighted by Crippen LogP contribution is 2.55. The van der Waals surface area contributed by atoms with Crippen LogP contribution in [0.1, 0.15) is 116 Å². The Balaban J connectivity index is 1.89. The molecule has 1 heterocycles. The molecule has 0 spiro atoms. The van der Waals surface area contributed by atoms with Crippen molar-refractivity contribution in [2.75, 3.05) is 0 Å². The van der Waals surface area contributed by atoms with Crippen LogP contribution in [0.3, 0.4) is 0 Å². The number of aromatic hydroxyl groups is 1. The van der Waals surface area contributed by atoms with Gasteiger partial charge in [0.25, 0.3) is 0 Å². The lowest BCUT2D eigenvalue weighted by molar-refractivity contribution is 0.0253. The molecule has 0 aromatic heterocycles. The third-order valence-electron chi connectivity index (χ3n) is 7.02. The molecule has 2 atom stereocenters. The third kappa shape index (κ3) is 4.46. The second-order valence-electron chi connectivity index (χ2n) is 10.9. The van der Waals surface area contributed by atoms with Crippen LogP contribution in [0.2, 0.25) is 0 Å². The van der Waals surface area contributed by atoms with E-state index in [9.17, 15) is 5.11 Å². The Morgan fingerprint density at radius 1 is 1.15 bits per heavy atom. The minimum Gasteiger partial charge on any atom is -0.508 e. The average molecular weight is 373 g/mol. The topological polar surface area (TPSA) is 29.5 Å². The van der Waals surface area contributed by atoms with Crippen molar-refractivity contribution >= 4 is 0 Å². The number of hydrogen-bond acceptors (Lipinski definition) is 2. The van der Waals surface area contributed by atoms with Crippen LogP contribution >= 0.6 is 0 Å². The van der Waals surface area contributed by atoms with Crippen LogP contribution in [0, 0.1) is 5.41 Å². The Hall–Kier alpha value is -1.18. The van der Waals surface area contributed by atoms with E-state index in [1.165, 1.54) is 37.7 Å². The molecule has 2 aliphatic rings. The van der Waals surface area contributed by atoms with Gasteiger partial charge in [0.1, 0.15) is 17.1 Å². The van der Waals surface area contributed by atoms with Crippen molar-refractivity contribution in [1.82, 2.24) is 0 Å². The summed E-state index contributed by atoms with van der Waals surface area (Å²) in [6.45, 7) is 13.9. The van der Waals surface area contributed by atoms with Gasteiger partial charge in [-0.2, -0.15) is 0 Å². The Bertz CT molecular complexity index is 673. The van der Waals surface area contributed by atoms with Crippen LogP contribution < -0.4 is 4.74 Å². The molecule has 1 N–H and O–H groups in total. The highest BCUT2D eigenvalue weighted by Gasteiger charge is 2.45. The number of phenolic OH excluding ortho intramolecular Hbond substituents is 1. The van der Waals surface area contributed by atoms with E-state index in [1.54, 1.807) is 0 Å². The van der Waals surface area contributed by atoms with E-state index in [1.807, 2.05) is 6.07 Å². The van der Waals surface area contributed by atoms with Gasteiger partial charge in [-0.05, 0) is 73.5 Å². The average Bonchev–Trinajstić information content (AvgIpc) is 2.64. The molecule has 1 fully saturated rings. The summed E-state index contributed by atoms with van der Waals surface area (Å²) >= 11 is 0. The predicted octanol–water partition coefficient (Wildman–Crippen LogP) is 7.48. The summed E-state index contributed by atoms with van der Waals surface area (Å²) < 4.78 is 6.61. The Kier molecular flexibility index (Phi) is 5.58. The largest absolute Gasteiger partial charge is 0.508 e. The molecule has 27 heavy (non-hydrogen) atoms. The van der Waals surface area contributed by atoms with E-state index in [2.05, 4.69) is 47.6 Å². The molecule has 1 aromatic rings. The van der Waals surface area contributed by atoms with E-state index in [-0.39, 0.29) is 11.0 Å². The fourth-order valence-electron chi connectivity index (χ4n) is 5.59. The maximum absolute atomic E-state index is 10.9. The van der Waals surface area contributed by atoms with E-state index >= 15 is 0 Å². The summed E-state index contributed by atoms with van der Waals surface area (Å²) in [6, 6.07) is 4.28. The lowest BCUT2D eigenvalue weighted by atomic mass is 9.76. The third-order valence-corrected chi connectivity index (χ3v) is 7.02. The normalized spacial score (nSPS) is 26.8. The molecule has 2 nitrogen and oxygen atoms in total. The smallest absolute Gasteiger partial charge is 0.127 e. The summed E-state index contributed by atoms with van der Waals surface area (Å²) in [7, 11) is 0.